The Balaban J connectivity index is 1.63. The van der Waals surface area contributed by atoms with E-state index in [0.717, 1.165) is 35.8 Å². The highest BCUT2D eigenvalue weighted by molar-refractivity contribution is 5.59. The van der Waals surface area contributed by atoms with Crippen molar-refractivity contribution in [3.05, 3.63) is 77.9 Å². The lowest BCUT2D eigenvalue weighted by molar-refractivity contribution is 0.922. The molecule has 0 aliphatic carbocycles. The maximum atomic E-state index is 4.66. The molecular weight excluding hydrogens is 310 g/mol. The number of nitrogens with zero attached hydrogens (tertiary/aromatic N) is 4. The summed E-state index contributed by atoms with van der Waals surface area (Å²) in [5, 5.41) is 16.6. The highest BCUT2D eigenvalue weighted by atomic mass is 15.4. The number of hydrogen-bond donors (Lipinski definition) is 1. The van der Waals surface area contributed by atoms with E-state index in [4.69, 9.17) is 0 Å². The lowest BCUT2D eigenvalue weighted by Gasteiger charge is -2.10. The van der Waals surface area contributed by atoms with Crippen LogP contribution in [-0.4, -0.2) is 19.8 Å². The van der Waals surface area contributed by atoms with Crippen LogP contribution >= 0.6 is 0 Å². The molecule has 2 aromatic heterocycles. The Morgan fingerprint density at radius 2 is 1.60 bits per heavy atom. The van der Waals surface area contributed by atoms with Crippen LogP contribution in [0.2, 0.25) is 0 Å². The minimum absolute atomic E-state index is 0.735. The minimum Gasteiger partial charge on any atom is -0.365 e. The van der Waals surface area contributed by atoms with E-state index in [2.05, 4.69) is 51.8 Å². The van der Waals surface area contributed by atoms with Crippen molar-refractivity contribution in [3.8, 4) is 11.4 Å². The van der Waals surface area contributed by atoms with Crippen LogP contribution in [0, 0.1) is 0 Å². The molecule has 124 valence electrons. The zero-order valence-electron chi connectivity index (χ0n) is 14.1. The first kappa shape index (κ1) is 15.3. The third-order valence-electron chi connectivity index (χ3n) is 4.25. The molecule has 0 radical (unpaired) electrons. The smallest absolute Gasteiger partial charge is 0.185 e. The summed E-state index contributed by atoms with van der Waals surface area (Å²) in [6.45, 7) is 2.91. The molecule has 4 aromatic rings. The minimum atomic E-state index is 0.735. The highest BCUT2D eigenvalue weighted by Crippen LogP contribution is 2.18. The van der Waals surface area contributed by atoms with Crippen molar-refractivity contribution in [2.45, 2.75) is 19.9 Å². The van der Waals surface area contributed by atoms with Gasteiger partial charge < -0.3 is 5.32 Å². The number of hydrogen-bond acceptors (Lipinski definition) is 4. The first-order valence-corrected chi connectivity index (χ1v) is 8.43. The molecule has 5 heteroatoms. The average Bonchev–Trinajstić information content (AvgIpc) is 3.10. The van der Waals surface area contributed by atoms with E-state index < -0.39 is 0 Å². The van der Waals surface area contributed by atoms with Crippen LogP contribution in [0.3, 0.4) is 0 Å². The van der Waals surface area contributed by atoms with Crippen LogP contribution in [0.25, 0.3) is 17.0 Å². The second-order valence-corrected chi connectivity index (χ2v) is 5.85. The van der Waals surface area contributed by atoms with Gasteiger partial charge in [0.2, 0.25) is 0 Å². The molecule has 25 heavy (non-hydrogen) atoms. The van der Waals surface area contributed by atoms with Gasteiger partial charge in [-0.15, -0.1) is 15.3 Å². The normalized spacial score (nSPS) is 10.9. The molecule has 2 heterocycles. The van der Waals surface area contributed by atoms with Gasteiger partial charge in [0.25, 0.3) is 0 Å². The van der Waals surface area contributed by atoms with Crippen LogP contribution in [0.5, 0.6) is 0 Å². The Morgan fingerprint density at radius 1 is 0.840 bits per heavy atom. The quantitative estimate of drug-likeness (QED) is 0.602. The zero-order valence-corrected chi connectivity index (χ0v) is 14.1. The number of aromatic nitrogens is 4. The van der Waals surface area contributed by atoms with Gasteiger partial charge in [0, 0.05) is 12.1 Å². The third-order valence-corrected chi connectivity index (χ3v) is 4.25. The SMILES string of the molecule is CCc1ccccc1CNc1ccc2nnc(-c3ccccc3)n2n1. The lowest BCUT2D eigenvalue weighted by Crippen LogP contribution is -2.06. The molecule has 0 fully saturated rings. The van der Waals surface area contributed by atoms with Crippen molar-refractivity contribution in [1.29, 1.82) is 0 Å². The predicted molar refractivity (Wildman–Crippen MR) is 99.4 cm³/mol. The maximum absolute atomic E-state index is 4.66. The largest absolute Gasteiger partial charge is 0.365 e. The third kappa shape index (κ3) is 3.08. The summed E-state index contributed by atoms with van der Waals surface area (Å²) in [5.41, 5.74) is 4.37. The van der Waals surface area contributed by atoms with Gasteiger partial charge in [-0.05, 0) is 29.7 Å². The average molecular weight is 329 g/mol. The van der Waals surface area contributed by atoms with Crippen LogP contribution < -0.4 is 5.32 Å². The van der Waals surface area contributed by atoms with Gasteiger partial charge >= 0.3 is 0 Å². The molecule has 0 amide bonds. The fraction of sp³-hybridized carbons (Fsp3) is 0.150. The number of nitrogens with one attached hydrogen (secondary N) is 1. The van der Waals surface area contributed by atoms with E-state index in [-0.39, 0.29) is 0 Å². The first-order valence-electron chi connectivity index (χ1n) is 8.43. The van der Waals surface area contributed by atoms with Crippen molar-refractivity contribution in [2.24, 2.45) is 0 Å². The molecule has 4 rings (SSSR count). The van der Waals surface area contributed by atoms with Gasteiger partial charge in [0.15, 0.2) is 11.5 Å². The second kappa shape index (κ2) is 6.73. The molecule has 0 bridgehead atoms. The van der Waals surface area contributed by atoms with Crippen molar-refractivity contribution < 1.29 is 0 Å². The Kier molecular flexibility index (Phi) is 4.12. The Bertz CT molecular complexity index is 991. The number of aryl methyl sites for hydroxylation is 1. The van der Waals surface area contributed by atoms with Gasteiger partial charge in [-0.3, -0.25) is 0 Å². The topological polar surface area (TPSA) is 55.1 Å². The Morgan fingerprint density at radius 3 is 2.40 bits per heavy atom. The molecule has 2 aromatic carbocycles. The van der Waals surface area contributed by atoms with E-state index in [1.807, 2.05) is 42.5 Å². The van der Waals surface area contributed by atoms with Crippen LogP contribution in [0.4, 0.5) is 5.82 Å². The number of anilines is 1. The Labute approximate surface area is 146 Å². The summed E-state index contributed by atoms with van der Waals surface area (Å²) in [7, 11) is 0. The molecule has 0 aliphatic rings. The monoisotopic (exact) mass is 329 g/mol. The molecule has 0 saturated carbocycles. The lowest BCUT2D eigenvalue weighted by atomic mass is 10.1. The standard InChI is InChI=1S/C20H19N5/c1-2-15-8-6-7-11-17(15)14-21-18-12-13-19-22-23-20(25(19)24-18)16-9-4-3-5-10-16/h3-13H,2,14H2,1H3,(H,21,24). The molecule has 1 N–H and O–H groups in total. The molecule has 0 spiro atoms. The predicted octanol–water partition coefficient (Wildman–Crippen LogP) is 3.97. The number of fused-ring (bicyclic) bond motifs is 1. The molecule has 0 aliphatic heterocycles. The van der Waals surface area contributed by atoms with Gasteiger partial charge in [-0.2, -0.15) is 4.52 Å². The first-order chi connectivity index (χ1) is 12.3. The maximum Gasteiger partial charge on any atom is 0.185 e. The van der Waals surface area contributed by atoms with E-state index >= 15 is 0 Å². The van der Waals surface area contributed by atoms with Crippen molar-refractivity contribution >= 4 is 11.5 Å². The van der Waals surface area contributed by atoms with E-state index in [9.17, 15) is 0 Å². The Hall–Kier alpha value is -3.21. The molecule has 0 saturated heterocycles. The van der Waals surface area contributed by atoms with Crippen LogP contribution in [0.1, 0.15) is 18.1 Å². The summed E-state index contributed by atoms with van der Waals surface area (Å²) in [5.74, 6) is 1.54. The summed E-state index contributed by atoms with van der Waals surface area (Å²) in [6, 6.07) is 22.3. The van der Waals surface area contributed by atoms with Crippen molar-refractivity contribution in [1.82, 2.24) is 19.8 Å². The molecular formula is C20H19N5. The van der Waals surface area contributed by atoms with Gasteiger partial charge in [0.1, 0.15) is 5.82 Å². The highest BCUT2D eigenvalue weighted by Gasteiger charge is 2.09. The molecule has 0 atom stereocenters. The van der Waals surface area contributed by atoms with Gasteiger partial charge in [-0.1, -0.05) is 61.5 Å². The van der Waals surface area contributed by atoms with Crippen molar-refractivity contribution in [2.75, 3.05) is 5.32 Å². The summed E-state index contributed by atoms with van der Waals surface area (Å²) >= 11 is 0. The van der Waals surface area contributed by atoms with Gasteiger partial charge in [-0.25, -0.2) is 0 Å². The van der Waals surface area contributed by atoms with Crippen LogP contribution in [-0.2, 0) is 13.0 Å². The second-order valence-electron chi connectivity index (χ2n) is 5.85. The van der Waals surface area contributed by atoms with Crippen molar-refractivity contribution in [3.63, 3.8) is 0 Å². The summed E-state index contributed by atoms with van der Waals surface area (Å²) < 4.78 is 1.78. The molecule has 0 unspecified atom stereocenters. The van der Waals surface area contributed by atoms with E-state index in [1.54, 1.807) is 4.52 Å². The zero-order chi connectivity index (χ0) is 17.1. The van der Waals surface area contributed by atoms with Gasteiger partial charge in [0.05, 0.1) is 0 Å². The summed E-state index contributed by atoms with van der Waals surface area (Å²) in [6.07, 6.45) is 1.02. The number of rotatable bonds is 5. The van der Waals surface area contributed by atoms with E-state index in [0.29, 0.717) is 0 Å². The number of benzene rings is 2. The fourth-order valence-electron chi connectivity index (χ4n) is 2.91. The van der Waals surface area contributed by atoms with E-state index in [1.165, 1.54) is 11.1 Å². The fourth-order valence-corrected chi connectivity index (χ4v) is 2.91. The van der Waals surface area contributed by atoms with Crippen LogP contribution in [0.15, 0.2) is 66.7 Å². The molecule has 5 nitrogen and oxygen atoms in total. The summed E-state index contributed by atoms with van der Waals surface area (Å²) in [4.78, 5) is 0.